The molecule has 2 aromatic carbocycles. The Hall–Kier alpha value is -2.64. The highest BCUT2D eigenvalue weighted by Crippen LogP contribution is 2.25. The predicted molar refractivity (Wildman–Crippen MR) is 109 cm³/mol. The molecule has 7 heteroatoms. The Balaban J connectivity index is 1.91. The smallest absolute Gasteiger partial charge is 0.243 e. The molecule has 1 heterocycles. The van der Waals surface area contributed by atoms with Crippen molar-refractivity contribution in [3.8, 4) is 11.4 Å². The van der Waals surface area contributed by atoms with Gasteiger partial charge in [-0.05, 0) is 56.7 Å². The number of nitrogens with zero attached hydrogens (tertiary/aromatic N) is 3. The first-order valence-electron chi connectivity index (χ1n) is 8.97. The van der Waals surface area contributed by atoms with Crippen molar-refractivity contribution in [2.75, 3.05) is 14.2 Å². The van der Waals surface area contributed by atoms with Crippen LogP contribution >= 0.6 is 0 Å². The quantitative estimate of drug-likeness (QED) is 0.635. The fraction of sp³-hybridized carbons (Fsp3) is 0.286. The molecule has 0 saturated heterocycles. The molecule has 0 aliphatic carbocycles. The van der Waals surface area contributed by atoms with Gasteiger partial charge in [0.05, 0.1) is 23.4 Å². The molecule has 0 saturated carbocycles. The lowest BCUT2D eigenvalue weighted by Gasteiger charge is -2.18. The van der Waals surface area contributed by atoms with Gasteiger partial charge < -0.3 is 4.74 Å². The van der Waals surface area contributed by atoms with E-state index in [9.17, 15) is 8.42 Å². The van der Waals surface area contributed by atoms with Gasteiger partial charge in [-0.2, -0.15) is 9.40 Å². The zero-order chi connectivity index (χ0) is 20.5. The van der Waals surface area contributed by atoms with Gasteiger partial charge in [-0.3, -0.25) is 0 Å². The number of hydrogen-bond acceptors (Lipinski definition) is 4. The molecule has 0 aliphatic heterocycles. The molecule has 0 spiro atoms. The lowest BCUT2D eigenvalue weighted by atomic mass is 10.2. The van der Waals surface area contributed by atoms with Crippen LogP contribution in [0.2, 0.25) is 0 Å². The van der Waals surface area contributed by atoms with Crippen LogP contribution in [-0.2, 0) is 16.6 Å². The van der Waals surface area contributed by atoms with Gasteiger partial charge in [0.1, 0.15) is 5.75 Å². The first kappa shape index (κ1) is 20.1. The van der Waals surface area contributed by atoms with E-state index < -0.39 is 10.0 Å². The van der Waals surface area contributed by atoms with Crippen LogP contribution in [0.1, 0.15) is 22.5 Å². The van der Waals surface area contributed by atoms with E-state index in [1.165, 1.54) is 4.31 Å². The summed E-state index contributed by atoms with van der Waals surface area (Å²) >= 11 is 0. The van der Waals surface area contributed by atoms with Gasteiger partial charge in [0.2, 0.25) is 10.0 Å². The second-order valence-electron chi connectivity index (χ2n) is 6.79. The summed E-state index contributed by atoms with van der Waals surface area (Å²) in [6, 6.07) is 14.7. The van der Waals surface area contributed by atoms with Crippen molar-refractivity contribution in [2.45, 2.75) is 32.2 Å². The summed E-state index contributed by atoms with van der Waals surface area (Å²) < 4.78 is 34.5. The third-order valence-electron chi connectivity index (χ3n) is 4.90. The van der Waals surface area contributed by atoms with Gasteiger partial charge in [-0.15, -0.1) is 0 Å². The Kier molecular flexibility index (Phi) is 5.58. The van der Waals surface area contributed by atoms with Gasteiger partial charge in [0.25, 0.3) is 0 Å². The standard InChI is InChI=1S/C21H25N3O3S/c1-15-13-19(11-12-21(15)27-5)28(25,26)23(4)14-20-16(2)22-24(17(20)3)18-9-7-6-8-10-18/h6-13H,14H2,1-5H3. The molecule has 0 aliphatic rings. The highest BCUT2D eigenvalue weighted by atomic mass is 32.2. The number of aryl methyl sites for hydroxylation is 2. The Morgan fingerprint density at radius 2 is 1.75 bits per heavy atom. The normalized spacial score (nSPS) is 11.8. The van der Waals surface area contributed by atoms with Crippen molar-refractivity contribution in [3.05, 3.63) is 71.0 Å². The second-order valence-corrected chi connectivity index (χ2v) is 8.83. The van der Waals surface area contributed by atoms with Crippen molar-refractivity contribution < 1.29 is 13.2 Å². The maximum atomic E-state index is 13.0. The number of rotatable bonds is 6. The Morgan fingerprint density at radius 1 is 1.07 bits per heavy atom. The summed E-state index contributed by atoms with van der Waals surface area (Å²) in [5, 5.41) is 4.60. The summed E-state index contributed by atoms with van der Waals surface area (Å²) in [5.74, 6) is 0.664. The van der Waals surface area contributed by atoms with Crippen molar-refractivity contribution in [2.24, 2.45) is 0 Å². The molecular formula is C21H25N3O3S. The fourth-order valence-corrected chi connectivity index (χ4v) is 4.45. The molecule has 6 nitrogen and oxygen atoms in total. The van der Waals surface area contributed by atoms with Gasteiger partial charge >= 0.3 is 0 Å². The maximum Gasteiger partial charge on any atom is 0.243 e. The van der Waals surface area contributed by atoms with Crippen LogP contribution in [0.5, 0.6) is 5.75 Å². The highest BCUT2D eigenvalue weighted by molar-refractivity contribution is 7.89. The van der Waals surface area contributed by atoms with Gasteiger partial charge in [0.15, 0.2) is 0 Å². The average molecular weight is 400 g/mol. The predicted octanol–water partition coefficient (Wildman–Crippen LogP) is 3.63. The summed E-state index contributed by atoms with van der Waals surface area (Å²) in [7, 11) is -0.474. The lowest BCUT2D eigenvalue weighted by Crippen LogP contribution is -2.27. The SMILES string of the molecule is COc1ccc(S(=O)(=O)N(C)Cc2c(C)nn(-c3ccccc3)c2C)cc1C. The molecule has 148 valence electrons. The second kappa shape index (κ2) is 7.77. The molecule has 1 aromatic heterocycles. The molecule has 3 aromatic rings. The van der Waals surface area contributed by atoms with Gasteiger partial charge in [-0.1, -0.05) is 18.2 Å². The van der Waals surface area contributed by atoms with Gasteiger partial charge in [-0.25, -0.2) is 13.1 Å². The Bertz CT molecular complexity index is 1090. The molecule has 0 unspecified atom stereocenters. The third-order valence-corrected chi connectivity index (χ3v) is 6.70. The minimum absolute atomic E-state index is 0.248. The van der Waals surface area contributed by atoms with E-state index in [4.69, 9.17) is 4.74 Å². The highest BCUT2D eigenvalue weighted by Gasteiger charge is 2.24. The number of hydrogen-bond donors (Lipinski definition) is 0. The average Bonchev–Trinajstić information content (AvgIpc) is 2.96. The van der Waals surface area contributed by atoms with Crippen molar-refractivity contribution in [1.29, 1.82) is 0 Å². The van der Waals surface area contributed by atoms with Crippen LogP contribution in [-0.4, -0.2) is 36.7 Å². The Morgan fingerprint density at radius 3 is 2.36 bits per heavy atom. The van der Waals surface area contributed by atoms with Crippen molar-refractivity contribution in [1.82, 2.24) is 14.1 Å². The van der Waals surface area contributed by atoms with E-state index in [0.29, 0.717) is 5.75 Å². The molecular weight excluding hydrogens is 374 g/mol. The van der Waals surface area contributed by atoms with E-state index in [2.05, 4.69) is 5.10 Å². The Labute approximate surface area is 166 Å². The van der Waals surface area contributed by atoms with Crippen LogP contribution in [0.3, 0.4) is 0 Å². The van der Waals surface area contributed by atoms with E-state index in [1.807, 2.05) is 55.8 Å². The first-order valence-corrected chi connectivity index (χ1v) is 10.4. The summed E-state index contributed by atoms with van der Waals surface area (Å²) in [6.45, 7) is 5.94. The largest absolute Gasteiger partial charge is 0.496 e. The maximum absolute atomic E-state index is 13.0. The molecule has 0 fully saturated rings. The van der Waals surface area contributed by atoms with E-state index >= 15 is 0 Å². The van der Waals surface area contributed by atoms with Crippen LogP contribution in [0.15, 0.2) is 53.4 Å². The topological polar surface area (TPSA) is 64.4 Å². The lowest BCUT2D eigenvalue weighted by molar-refractivity contribution is 0.411. The molecule has 0 atom stereocenters. The van der Waals surface area contributed by atoms with E-state index in [-0.39, 0.29) is 11.4 Å². The minimum atomic E-state index is -3.63. The summed E-state index contributed by atoms with van der Waals surface area (Å²) in [4.78, 5) is 0.249. The fourth-order valence-electron chi connectivity index (χ4n) is 3.22. The number of benzene rings is 2. The number of ether oxygens (including phenoxy) is 1. The monoisotopic (exact) mass is 399 g/mol. The summed E-state index contributed by atoms with van der Waals surface area (Å²) in [6.07, 6.45) is 0. The van der Waals surface area contributed by atoms with Crippen molar-refractivity contribution >= 4 is 10.0 Å². The van der Waals surface area contributed by atoms with Crippen LogP contribution in [0.4, 0.5) is 0 Å². The molecule has 0 N–H and O–H groups in total. The van der Waals surface area contributed by atoms with Crippen LogP contribution in [0.25, 0.3) is 5.69 Å². The number of para-hydroxylation sites is 1. The molecule has 28 heavy (non-hydrogen) atoms. The zero-order valence-electron chi connectivity index (χ0n) is 16.8. The molecule has 3 rings (SSSR count). The number of aromatic nitrogens is 2. The van der Waals surface area contributed by atoms with Gasteiger partial charge in [0, 0.05) is 24.8 Å². The molecule has 0 radical (unpaired) electrons. The van der Waals surface area contributed by atoms with Crippen molar-refractivity contribution in [3.63, 3.8) is 0 Å². The molecule has 0 amide bonds. The number of sulfonamides is 1. The summed E-state index contributed by atoms with van der Waals surface area (Å²) in [5.41, 5.74) is 4.37. The first-order chi connectivity index (χ1) is 13.3. The zero-order valence-corrected chi connectivity index (χ0v) is 17.6. The molecule has 0 bridgehead atoms. The van der Waals surface area contributed by atoms with Crippen LogP contribution in [0, 0.1) is 20.8 Å². The number of methoxy groups -OCH3 is 1. The van der Waals surface area contributed by atoms with E-state index in [0.717, 1.165) is 28.2 Å². The van der Waals surface area contributed by atoms with E-state index in [1.54, 1.807) is 32.4 Å². The van der Waals surface area contributed by atoms with Crippen LogP contribution < -0.4 is 4.74 Å². The third kappa shape index (κ3) is 3.68. The minimum Gasteiger partial charge on any atom is -0.496 e.